The second-order valence-corrected chi connectivity index (χ2v) is 7.43. The number of ether oxygens (including phenoxy) is 2. The van der Waals surface area contributed by atoms with E-state index in [0.29, 0.717) is 0 Å². The SMILES string of the molecule is COc1cc2c(cc1OC)C(Cc1ccc(-c3ccc(C)cc3)cc1)NCC2. The highest BCUT2D eigenvalue weighted by Gasteiger charge is 2.22. The van der Waals surface area contributed by atoms with Gasteiger partial charge in [0.1, 0.15) is 0 Å². The smallest absolute Gasteiger partial charge is 0.161 e. The number of methoxy groups -OCH3 is 2. The quantitative estimate of drug-likeness (QED) is 0.674. The van der Waals surface area contributed by atoms with Crippen LogP contribution in [-0.2, 0) is 12.8 Å². The molecule has 1 atom stereocenters. The lowest BCUT2D eigenvalue weighted by atomic mass is 9.89. The van der Waals surface area contributed by atoms with Gasteiger partial charge < -0.3 is 14.8 Å². The van der Waals surface area contributed by atoms with E-state index in [1.807, 2.05) is 0 Å². The van der Waals surface area contributed by atoms with Gasteiger partial charge in [-0.2, -0.15) is 0 Å². The van der Waals surface area contributed by atoms with Crippen LogP contribution in [0.15, 0.2) is 60.7 Å². The summed E-state index contributed by atoms with van der Waals surface area (Å²) in [5.74, 6) is 1.61. The summed E-state index contributed by atoms with van der Waals surface area (Å²) in [6.07, 6.45) is 1.97. The van der Waals surface area contributed by atoms with Gasteiger partial charge in [0.15, 0.2) is 11.5 Å². The third kappa shape index (κ3) is 3.76. The third-order valence-electron chi connectivity index (χ3n) is 5.58. The van der Waals surface area contributed by atoms with Crippen LogP contribution in [0.3, 0.4) is 0 Å². The molecule has 3 aromatic carbocycles. The second-order valence-electron chi connectivity index (χ2n) is 7.43. The van der Waals surface area contributed by atoms with Crippen molar-refractivity contribution in [1.29, 1.82) is 0 Å². The first-order chi connectivity index (χ1) is 13.7. The molecule has 0 bridgehead atoms. The number of hydrogen-bond donors (Lipinski definition) is 1. The number of hydrogen-bond acceptors (Lipinski definition) is 3. The number of aryl methyl sites for hydroxylation is 1. The van der Waals surface area contributed by atoms with Gasteiger partial charge in [0.2, 0.25) is 0 Å². The molecule has 1 heterocycles. The molecule has 0 spiro atoms. The van der Waals surface area contributed by atoms with Crippen molar-refractivity contribution in [3.63, 3.8) is 0 Å². The molecule has 0 aromatic heterocycles. The van der Waals surface area contributed by atoms with Gasteiger partial charge in [0.05, 0.1) is 14.2 Å². The standard InChI is InChI=1S/C25H27NO2/c1-17-4-8-19(9-5-17)20-10-6-18(7-11-20)14-23-22-16-25(28-3)24(27-2)15-21(22)12-13-26-23/h4-11,15-16,23,26H,12-14H2,1-3H3. The molecule has 0 fully saturated rings. The van der Waals surface area contributed by atoms with Crippen LogP contribution in [-0.4, -0.2) is 20.8 Å². The third-order valence-corrected chi connectivity index (χ3v) is 5.58. The zero-order valence-corrected chi connectivity index (χ0v) is 16.8. The fraction of sp³-hybridized carbons (Fsp3) is 0.280. The monoisotopic (exact) mass is 373 g/mol. The van der Waals surface area contributed by atoms with Crippen molar-refractivity contribution in [1.82, 2.24) is 5.32 Å². The summed E-state index contributed by atoms with van der Waals surface area (Å²) in [7, 11) is 3.39. The van der Waals surface area contributed by atoms with Gasteiger partial charge in [-0.3, -0.25) is 0 Å². The first kappa shape index (κ1) is 18.6. The second kappa shape index (κ2) is 8.07. The molecule has 0 amide bonds. The molecule has 0 saturated heterocycles. The van der Waals surface area contributed by atoms with E-state index in [-0.39, 0.29) is 6.04 Å². The molecule has 0 aliphatic carbocycles. The Balaban J connectivity index is 1.56. The van der Waals surface area contributed by atoms with Crippen molar-refractivity contribution in [3.8, 4) is 22.6 Å². The Morgan fingerprint density at radius 3 is 2.11 bits per heavy atom. The summed E-state index contributed by atoms with van der Waals surface area (Å²) in [5, 5.41) is 3.67. The molecule has 1 aliphatic rings. The zero-order chi connectivity index (χ0) is 19.5. The van der Waals surface area contributed by atoms with Crippen LogP contribution in [0.1, 0.15) is 28.3 Å². The Hall–Kier alpha value is -2.78. The maximum atomic E-state index is 5.52. The van der Waals surface area contributed by atoms with Crippen molar-refractivity contribution in [2.45, 2.75) is 25.8 Å². The van der Waals surface area contributed by atoms with E-state index >= 15 is 0 Å². The molecule has 0 radical (unpaired) electrons. The lowest BCUT2D eigenvalue weighted by molar-refractivity contribution is 0.352. The van der Waals surface area contributed by atoms with Crippen LogP contribution in [0, 0.1) is 6.92 Å². The average Bonchev–Trinajstić information content (AvgIpc) is 2.74. The van der Waals surface area contributed by atoms with Crippen LogP contribution in [0.5, 0.6) is 11.5 Å². The summed E-state index contributed by atoms with van der Waals surface area (Å²) >= 11 is 0. The van der Waals surface area contributed by atoms with Gasteiger partial charge in [-0.25, -0.2) is 0 Å². The Morgan fingerprint density at radius 2 is 1.46 bits per heavy atom. The van der Waals surface area contributed by atoms with Crippen molar-refractivity contribution >= 4 is 0 Å². The Kier molecular flexibility index (Phi) is 5.36. The van der Waals surface area contributed by atoms with E-state index < -0.39 is 0 Å². The zero-order valence-electron chi connectivity index (χ0n) is 16.8. The lowest BCUT2D eigenvalue weighted by Crippen LogP contribution is -2.31. The molecular weight excluding hydrogens is 346 g/mol. The summed E-state index contributed by atoms with van der Waals surface area (Å²) in [5.41, 5.74) is 7.79. The number of benzene rings is 3. The highest BCUT2D eigenvalue weighted by molar-refractivity contribution is 5.64. The van der Waals surface area contributed by atoms with E-state index in [0.717, 1.165) is 30.9 Å². The molecular formula is C25H27NO2. The van der Waals surface area contributed by atoms with Crippen molar-refractivity contribution in [3.05, 3.63) is 82.9 Å². The van der Waals surface area contributed by atoms with Gasteiger partial charge in [0.25, 0.3) is 0 Å². The molecule has 0 saturated carbocycles. The molecule has 1 aliphatic heterocycles. The first-order valence-electron chi connectivity index (χ1n) is 9.82. The predicted octanol–water partition coefficient (Wildman–Crippen LogP) is 5.11. The van der Waals surface area contributed by atoms with Gasteiger partial charge in [0, 0.05) is 6.04 Å². The first-order valence-corrected chi connectivity index (χ1v) is 9.82. The van der Waals surface area contributed by atoms with Crippen molar-refractivity contribution in [2.75, 3.05) is 20.8 Å². The Labute approximate surface area is 167 Å². The number of rotatable bonds is 5. The minimum atomic E-state index is 0.286. The van der Waals surface area contributed by atoms with E-state index in [1.54, 1.807) is 14.2 Å². The van der Waals surface area contributed by atoms with Crippen LogP contribution >= 0.6 is 0 Å². The molecule has 3 nitrogen and oxygen atoms in total. The normalized spacial score (nSPS) is 15.8. The van der Waals surface area contributed by atoms with Crippen LogP contribution in [0.2, 0.25) is 0 Å². The lowest BCUT2D eigenvalue weighted by Gasteiger charge is -2.28. The van der Waals surface area contributed by atoms with E-state index in [4.69, 9.17) is 9.47 Å². The maximum Gasteiger partial charge on any atom is 0.161 e. The van der Waals surface area contributed by atoms with Gasteiger partial charge >= 0.3 is 0 Å². The topological polar surface area (TPSA) is 30.5 Å². The van der Waals surface area contributed by atoms with Crippen LogP contribution in [0.4, 0.5) is 0 Å². The van der Waals surface area contributed by atoms with Gasteiger partial charge in [-0.15, -0.1) is 0 Å². The molecule has 1 unspecified atom stereocenters. The number of fused-ring (bicyclic) bond motifs is 1. The molecule has 28 heavy (non-hydrogen) atoms. The highest BCUT2D eigenvalue weighted by atomic mass is 16.5. The summed E-state index contributed by atoms with van der Waals surface area (Å²) in [6, 6.07) is 22.2. The molecule has 3 heteroatoms. The maximum absolute atomic E-state index is 5.52. The van der Waals surface area contributed by atoms with E-state index in [1.165, 1.54) is 33.4 Å². The Bertz CT molecular complexity index is 946. The van der Waals surface area contributed by atoms with Crippen molar-refractivity contribution in [2.24, 2.45) is 0 Å². The van der Waals surface area contributed by atoms with Crippen LogP contribution in [0.25, 0.3) is 11.1 Å². The largest absolute Gasteiger partial charge is 0.493 e. The number of nitrogens with one attached hydrogen (secondary N) is 1. The minimum Gasteiger partial charge on any atom is -0.493 e. The molecule has 144 valence electrons. The van der Waals surface area contributed by atoms with E-state index in [2.05, 4.69) is 72.9 Å². The molecule has 4 rings (SSSR count). The molecule has 1 N–H and O–H groups in total. The fourth-order valence-electron chi connectivity index (χ4n) is 3.97. The molecule has 3 aromatic rings. The summed E-state index contributed by atoms with van der Waals surface area (Å²) in [6.45, 7) is 3.10. The van der Waals surface area contributed by atoms with Gasteiger partial charge in [-0.1, -0.05) is 54.1 Å². The fourth-order valence-corrected chi connectivity index (χ4v) is 3.97. The predicted molar refractivity (Wildman–Crippen MR) is 114 cm³/mol. The average molecular weight is 373 g/mol. The minimum absolute atomic E-state index is 0.286. The summed E-state index contributed by atoms with van der Waals surface area (Å²) < 4.78 is 11.0. The van der Waals surface area contributed by atoms with E-state index in [9.17, 15) is 0 Å². The van der Waals surface area contributed by atoms with Crippen LogP contribution < -0.4 is 14.8 Å². The van der Waals surface area contributed by atoms with Gasteiger partial charge in [-0.05, 0) is 66.3 Å². The Morgan fingerprint density at radius 1 is 0.857 bits per heavy atom. The highest BCUT2D eigenvalue weighted by Crippen LogP contribution is 2.36. The van der Waals surface area contributed by atoms with Crippen molar-refractivity contribution < 1.29 is 9.47 Å². The summed E-state index contributed by atoms with van der Waals surface area (Å²) in [4.78, 5) is 0.